The summed E-state index contributed by atoms with van der Waals surface area (Å²) in [6.07, 6.45) is 13.8. The molecule has 0 aliphatic heterocycles. The van der Waals surface area contributed by atoms with Gasteiger partial charge in [0.15, 0.2) is 0 Å². The quantitative estimate of drug-likeness (QED) is 0.637. The van der Waals surface area contributed by atoms with Gasteiger partial charge in [0, 0.05) is 0 Å². The first-order chi connectivity index (χ1) is 9.36. The smallest absolute Gasteiger partial charge is 0.0785 e. The third kappa shape index (κ3) is 9.37. The van der Waals surface area contributed by atoms with E-state index in [9.17, 15) is 4.39 Å². The normalized spacial score (nSPS) is 26.7. The van der Waals surface area contributed by atoms with Crippen molar-refractivity contribution in [2.45, 2.75) is 78.6 Å². The maximum absolute atomic E-state index is 9.50. The van der Waals surface area contributed by atoms with Crippen molar-refractivity contribution in [2.24, 2.45) is 17.8 Å². The number of hydrogen-bond donors (Lipinski definition) is 1. The van der Waals surface area contributed by atoms with Gasteiger partial charge in [-0.2, -0.15) is 0 Å². The highest BCUT2D eigenvalue weighted by Crippen LogP contribution is 2.39. The topological polar surface area (TPSA) is 20.2 Å². The summed E-state index contributed by atoms with van der Waals surface area (Å²) in [5.41, 5.74) is 0. The summed E-state index contributed by atoms with van der Waals surface area (Å²) in [5, 5.41) is 5.50. The lowest BCUT2D eigenvalue weighted by atomic mass is 9.71. The van der Waals surface area contributed by atoms with Crippen LogP contribution >= 0.6 is 0 Å². The molecule has 0 unspecified atom stereocenters. The van der Waals surface area contributed by atoms with Gasteiger partial charge in [-0.05, 0) is 30.6 Å². The first kappa shape index (κ1) is 21.1. The Bertz CT molecular complexity index is 151. The first-order valence-corrected chi connectivity index (χ1v) is 7.91. The van der Waals surface area contributed by atoms with Gasteiger partial charge in [0.25, 0.3) is 0 Å². The molecule has 2 aliphatic rings. The molecule has 1 nitrogen and oxygen atoms in total. The van der Waals surface area contributed by atoms with Crippen LogP contribution in [0.4, 0.5) is 8.92 Å². The molecule has 118 valence electrons. The number of alkyl halides is 1. The molecule has 3 heteroatoms. The van der Waals surface area contributed by atoms with Gasteiger partial charge in [-0.3, -0.25) is 4.39 Å². The molecule has 0 bridgehead atoms. The SMILES string of the molecule is CC.CC1CCC(C2CCCCC2)CC1.CF.OF. The van der Waals surface area contributed by atoms with Crippen molar-refractivity contribution in [2.75, 3.05) is 7.18 Å². The van der Waals surface area contributed by atoms with Crippen molar-refractivity contribution in [3.05, 3.63) is 0 Å². The summed E-state index contributed by atoms with van der Waals surface area (Å²) in [6.45, 7) is 6.43. The zero-order valence-electron chi connectivity index (χ0n) is 13.3. The Kier molecular flexibility index (Phi) is 17.7. The van der Waals surface area contributed by atoms with Crippen molar-refractivity contribution < 1.29 is 14.2 Å². The van der Waals surface area contributed by atoms with Crippen LogP contribution < -0.4 is 0 Å². The molecule has 0 heterocycles. The lowest BCUT2D eigenvalue weighted by Gasteiger charge is -2.34. The van der Waals surface area contributed by atoms with E-state index in [2.05, 4.69) is 6.92 Å². The fourth-order valence-corrected chi connectivity index (χ4v) is 3.36. The predicted molar refractivity (Wildman–Crippen MR) is 79.4 cm³/mol. The average molecular weight is 280 g/mol. The molecule has 2 aliphatic carbocycles. The van der Waals surface area contributed by atoms with E-state index >= 15 is 0 Å². The minimum atomic E-state index is 0.500. The van der Waals surface area contributed by atoms with Crippen LogP contribution in [0.15, 0.2) is 0 Å². The molecule has 0 amide bonds. The number of halogens is 2. The highest BCUT2D eigenvalue weighted by molar-refractivity contribution is 4.78. The number of rotatable bonds is 1. The van der Waals surface area contributed by atoms with E-state index in [1.165, 1.54) is 32.1 Å². The van der Waals surface area contributed by atoms with Gasteiger partial charge in [-0.25, -0.2) is 5.31 Å². The molecule has 19 heavy (non-hydrogen) atoms. The van der Waals surface area contributed by atoms with Gasteiger partial charge in [-0.1, -0.05) is 70.2 Å². The fourth-order valence-electron chi connectivity index (χ4n) is 3.36. The van der Waals surface area contributed by atoms with Gasteiger partial charge in [0.1, 0.15) is 0 Å². The van der Waals surface area contributed by atoms with E-state index in [0.717, 1.165) is 17.8 Å². The Morgan fingerprint density at radius 1 is 0.684 bits per heavy atom. The highest BCUT2D eigenvalue weighted by atomic mass is 19.3. The van der Waals surface area contributed by atoms with E-state index in [1.807, 2.05) is 13.8 Å². The zero-order chi connectivity index (χ0) is 15.1. The molecule has 0 radical (unpaired) electrons. The molecule has 0 saturated heterocycles. The molecule has 0 aromatic rings. The fraction of sp³-hybridized carbons (Fsp3) is 1.00. The third-order valence-electron chi connectivity index (χ3n) is 4.38. The van der Waals surface area contributed by atoms with Crippen LogP contribution in [0.2, 0.25) is 0 Å². The van der Waals surface area contributed by atoms with Gasteiger partial charge in [0.2, 0.25) is 0 Å². The van der Waals surface area contributed by atoms with Crippen molar-refractivity contribution in [1.29, 1.82) is 0 Å². The molecule has 2 saturated carbocycles. The molecule has 2 rings (SSSR count). The van der Waals surface area contributed by atoms with Crippen molar-refractivity contribution in [3.63, 3.8) is 0 Å². The van der Waals surface area contributed by atoms with E-state index < -0.39 is 0 Å². The summed E-state index contributed by atoms with van der Waals surface area (Å²) in [7, 11) is 0.500. The minimum Gasteiger partial charge on any atom is -0.255 e. The van der Waals surface area contributed by atoms with Crippen molar-refractivity contribution in [1.82, 2.24) is 0 Å². The maximum atomic E-state index is 9.50. The molecule has 0 spiro atoms. The monoisotopic (exact) mass is 280 g/mol. The standard InChI is InChI=1S/C13H24.C2H6.CH3F.FHO/c1-11-7-9-13(10-8-11)12-5-3-2-4-6-12;3*1-2/h11-13H,2-10H2,1H3;1-2H3;1H3;2H. The van der Waals surface area contributed by atoms with Crippen LogP contribution in [0.5, 0.6) is 0 Å². The zero-order valence-corrected chi connectivity index (χ0v) is 13.3. The lowest BCUT2D eigenvalue weighted by molar-refractivity contribution is -0.0441. The Labute approximate surface area is 118 Å². The largest absolute Gasteiger partial charge is 0.255 e. The average Bonchev–Trinajstić information content (AvgIpc) is 2.55. The maximum Gasteiger partial charge on any atom is 0.0785 e. The highest BCUT2D eigenvalue weighted by Gasteiger charge is 2.26. The van der Waals surface area contributed by atoms with E-state index in [0.29, 0.717) is 7.18 Å². The molecular formula is C16H34F2O. The summed E-state index contributed by atoms with van der Waals surface area (Å²) in [6, 6.07) is 0. The van der Waals surface area contributed by atoms with Crippen LogP contribution in [-0.4, -0.2) is 12.5 Å². The Hall–Kier alpha value is -0.180. The van der Waals surface area contributed by atoms with E-state index in [-0.39, 0.29) is 0 Å². The lowest BCUT2D eigenvalue weighted by Crippen LogP contribution is -2.22. The molecule has 1 N–H and O–H groups in total. The van der Waals surface area contributed by atoms with Crippen LogP contribution in [0, 0.1) is 17.8 Å². The first-order valence-electron chi connectivity index (χ1n) is 7.91. The van der Waals surface area contributed by atoms with E-state index in [1.54, 1.807) is 25.7 Å². The summed E-state index contributed by atoms with van der Waals surface area (Å²) in [5.74, 6) is 3.28. The Morgan fingerprint density at radius 3 is 1.47 bits per heavy atom. The Morgan fingerprint density at radius 2 is 1.05 bits per heavy atom. The number of hydrogen-bond acceptors (Lipinski definition) is 1. The van der Waals surface area contributed by atoms with Crippen molar-refractivity contribution >= 4 is 0 Å². The molecule has 0 aromatic heterocycles. The second-order valence-corrected chi connectivity index (χ2v) is 5.42. The third-order valence-corrected chi connectivity index (χ3v) is 4.38. The molecule has 0 atom stereocenters. The minimum absolute atomic E-state index is 0.500. The molecular weight excluding hydrogens is 246 g/mol. The van der Waals surface area contributed by atoms with Crippen LogP contribution in [0.3, 0.4) is 0 Å². The summed E-state index contributed by atoms with van der Waals surface area (Å²) in [4.78, 5) is 0. The predicted octanol–water partition coefficient (Wildman–Crippen LogP) is 5.87. The van der Waals surface area contributed by atoms with Crippen LogP contribution in [0.1, 0.15) is 78.6 Å². The van der Waals surface area contributed by atoms with Gasteiger partial charge < -0.3 is 0 Å². The second kappa shape index (κ2) is 15.9. The summed E-state index contributed by atoms with van der Waals surface area (Å²) >= 11 is 0. The summed E-state index contributed by atoms with van der Waals surface area (Å²) < 4.78 is 18.0. The molecule has 2 fully saturated rings. The van der Waals surface area contributed by atoms with Gasteiger partial charge in [-0.15, -0.1) is 0 Å². The van der Waals surface area contributed by atoms with Gasteiger partial charge >= 0.3 is 0 Å². The van der Waals surface area contributed by atoms with Gasteiger partial charge in [0.05, 0.1) is 7.18 Å². The Balaban J connectivity index is 0. The van der Waals surface area contributed by atoms with Crippen LogP contribution in [-0.2, 0) is 0 Å². The van der Waals surface area contributed by atoms with Crippen molar-refractivity contribution in [3.8, 4) is 0 Å². The molecule has 0 aromatic carbocycles. The second-order valence-electron chi connectivity index (χ2n) is 5.42. The van der Waals surface area contributed by atoms with Crippen LogP contribution in [0.25, 0.3) is 0 Å². The van der Waals surface area contributed by atoms with E-state index in [4.69, 9.17) is 9.84 Å².